The Morgan fingerprint density at radius 1 is 0.794 bits per heavy atom. The van der Waals surface area contributed by atoms with Crippen LogP contribution in [0, 0.1) is 12.7 Å². The van der Waals surface area contributed by atoms with Gasteiger partial charge in [0, 0.05) is 13.2 Å². The van der Waals surface area contributed by atoms with Crippen molar-refractivity contribution >= 4 is 7.32 Å². The summed E-state index contributed by atoms with van der Waals surface area (Å²) < 4.78 is 32.7. The average Bonchev–Trinajstić information content (AvgIpc) is 2.79. The molecule has 0 amide bonds. The van der Waals surface area contributed by atoms with Crippen LogP contribution < -0.4 is 4.65 Å². The standard InChI is InChI=1S/C22H40BFNO3.C6H13/c1-6-8-10-12-17-26-23(27-18-13-11-9-7-2)28-22-16-14-15-21(24)20(22)19-25(3,4)5;1-3-5-6-4-2/h14-16H,6-13,17-19H2,1-5H3;1,3-6H2,2H3/q+1;-1. The lowest BCUT2D eigenvalue weighted by molar-refractivity contribution is -0.884. The van der Waals surface area contributed by atoms with Gasteiger partial charge in [-0.05, 0) is 25.0 Å². The first-order chi connectivity index (χ1) is 16.3. The Labute approximate surface area is 211 Å². The highest BCUT2D eigenvalue weighted by Crippen LogP contribution is 2.25. The van der Waals surface area contributed by atoms with E-state index in [9.17, 15) is 4.39 Å². The summed E-state index contributed by atoms with van der Waals surface area (Å²) in [7, 11) is 5.29. The zero-order chi connectivity index (χ0) is 25.7. The molecule has 0 fully saturated rings. The number of unbranched alkanes of at least 4 members (excludes halogenated alkanes) is 9. The van der Waals surface area contributed by atoms with E-state index in [4.69, 9.17) is 14.0 Å². The molecule has 34 heavy (non-hydrogen) atoms. The second kappa shape index (κ2) is 21.2. The van der Waals surface area contributed by atoms with Gasteiger partial charge in [-0.2, -0.15) is 6.42 Å². The number of benzene rings is 1. The van der Waals surface area contributed by atoms with Crippen LogP contribution in [0.4, 0.5) is 4.39 Å². The number of quaternary nitrogens is 1. The van der Waals surface area contributed by atoms with Crippen molar-refractivity contribution in [3.05, 3.63) is 36.5 Å². The highest BCUT2D eigenvalue weighted by Gasteiger charge is 2.27. The Morgan fingerprint density at radius 3 is 1.76 bits per heavy atom. The normalized spacial score (nSPS) is 11.2. The zero-order valence-electron chi connectivity index (χ0n) is 23.2. The minimum atomic E-state index is -0.795. The molecule has 0 saturated heterocycles. The third-order valence-electron chi connectivity index (χ3n) is 5.29. The maximum absolute atomic E-state index is 14.4. The van der Waals surface area contributed by atoms with Gasteiger partial charge in [0.1, 0.15) is 18.1 Å². The van der Waals surface area contributed by atoms with Crippen LogP contribution in [0.5, 0.6) is 5.75 Å². The van der Waals surface area contributed by atoms with Crippen molar-refractivity contribution in [3.8, 4) is 5.75 Å². The highest BCUT2D eigenvalue weighted by molar-refractivity contribution is 6.37. The molecule has 0 aliphatic heterocycles. The van der Waals surface area contributed by atoms with Gasteiger partial charge in [-0.1, -0.05) is 84.6 Å². The third-order valence-corrected chi connectivity index (χ3v) is 5.29. The molecule has 0 aliphatic rings. The van der Waals surface area contributed by atoms with Crippen LogP contribution in [-0.4, -0.2) is 46.2 Å². The van der Waals surface area contributed by atoms with E-state index in [1.54, 1.807) is 12.1 Å². The van der Waals surface area contributed by atoms with Gasteiger partial charge in [0.15, 0.2) is 0 Å². The van der Waals surface area contributed by atoms with Crippen molar-refractivity contribution < 1.29 is 22.8 Å². The Hall–Kier alpha value is -1.11. The topological polar surface area (TPSA) is 27.7 Å². The van der Waals surface area contributed by atoms with Crippen molar-refractivity contribution in [2.45, 2.75) is 104 Å². The fourth-order valence-corrected chi connectivity index (χ4v) is 3.34. The molecule has 0 aromatic heterocycles. The van der Waals surface area contributed by atoms with Gasteiger partial charge in [0.25, 0.3) is 0 Å². The van der Waals surface area contributed by atoms with Crippen LogP contribution in [0.1, 0.15) is 103 Å². The molecule has 1 aromatic rings. The van der Waals surface area contributed by atoms with Gasteiger partial charge in [-0.3, -0.25) is 0 Å². The number of hydrogen-bond donors (Lipinski definition) is 0. The van der Waals surface area contributed by atoms with Crippen LogP contribution in [0.25, 0.3) is 0 Å². The summed E-state index contributed by atoms with van der Waals surface area (Å²) >= 11 is 0. The van der Waals surface area contributed by atoms with Crippen molar-refractivity contribution in [2.24, 2.45) is 0 Å². The number of halogens is 1. The molecule has 0 atom stereocenters. The molecule has 0 unspecified atom stereocenters. The van der Waals surface area contributed by atoms with Crippen LogP contribution in [0.2, 0.25) is 0 Å². The van der Waals surface area contributed by atoms with Crippen LogP contribution in [-0.2, 0) is 15.9 Å². The van der Waals surface area contributed by atoms with Crippen LogP contribution in [0.15, 0.2) is 18.2 Å². The summed E-state index contributed by atoms with van der Waals surface area (Å²) in [5.74, 6) is 0.246. The van der Waals surface area contributed by atoms with Gasteiger partial charge < -0.3 is 25.4 Å². The molecule has 0 heterocycles. The van der Waals surface area contributed by atoms with Gasteiger partial charge in [0.05, 0.1) is 26.7 Å². The summed E-state index contributed by atoms with van der Waals surface area (Å²) in [5, 5.41) is 0. The molecule has 0 bridgehead atoms. The second-order valence-corrected chi connectivity index (χ2v) is 10.00. The molecule has 0 N–H and O–H groups in total. The maximum Gasteiger partial charge on any atom is 0.713 e. The van der Waals surface area contributed by atoms with Crippen LogP contribution >= 0.6 is 0 Å². The molecular formula is C28H53BFNO3. The molecule has 198 valence electrons. The molecule has 0 spiro atoms. The predicted molar refractivity (Wildman–Crippen MR) is 144 cm³/mol. The van der Waals surface area contributed by atoms with Gasteiger partial charge >= 0.3 is 7.32 Å². The van der Waals surface area contributed by atoms with E-state index in [-0.39, 0.29) is 5.82 Å². The van der Waals surface area contributed by atoms with Gasteiger partial charge in [-0.25, -0.2) is 4.39 Å². The molecule has 4 nitrogen and oxygen atoms in total. The van der Waals surface area contributed by atoms with Crippen molar-refractivity contribution in [1.29, 1.82) is 0 Å². The monoisotopic (exact) mass is 481 g/mol. The van der Waals surface area contributed by atoms with E-state index in [1.165, 1.54) is 51.0 Å². The van der Waals surface area contributed by atoms with Gasteiger partial charge in [0.2, 0.25) is 0 Å². The van der Waals surface area contributed by atoms with Crippen molar-refractivity contribution in [3.63, 3.8) is 0 Å². The number of nitrogens with zero attached hydrogens (tertiary/aromatic N) is 1. The molecule has 0 aliphatic carbocycles. The third kappa shape index (κ3) is 18.3. The molecule has 0 radical (unpaired) electrons. The minimum absolute atomic E-state index is 0.254. The Kier molecular flexibility index (Phi) is 20.5. The summed E-state index contributed by atoms with van der Waals surface area (Å²) in [4.78, 5) is 0. The van der Waals surface area contributed by atoms with Gasteiger partial charge in [-0.15, -0.1) is 0 Å². The van der Waals surface area contributed by atoms with Crippen molar-refractivity contribution in [2.75, 3.05) is 34.4 Å². The minimum Gasteiger partial charge on any atom is -0.511 e. The Balaban J connectivity index is 0.00000160. The molecule has 6 heteroatoms. The predicted octanol–water partition coefficient (Wildman–Crippen LogP) is 7.99. The molecule has 1 aromatic carbocycles. The van der Waals surface area contributed by atoms with Crippen LogP contribution in [0.3, 0.4) is 0 Å². The first kappa shape index (κ1) is 32.9. The summed E-state index contributed by atoms with van der Waals surface area (Å²) in [6, 6.07) is 4.94. The SMILES string of the molecule is CCCCCCOB(OCCCCCC)Oc1cccc(F)c1C[N+](C)(C)C.[CH2-]CCCCC. The van der Waals surface area contributed by atoms with Crippen molar-refractivity contribution in [1.82, 2.24) is 0 Å². The first-order valence-electron chi connectivity index (χ1n) is 13.6. The lowest BCUT2D eigenvalue weighted by Gasteiger charge is -2.26. The molecule has 0 saturated carbocycles. The molecule has 1 rings (SSSR count). The van der Waals surface area contributed by atoms with E-state index in [0.29, 0.717) is 35.6 Å². The lowest BCUT2D eigenvalue weighted by Crippen LogP contribution is -2.35. The Bertz CT molecular complexity index is 578. The van der Waals surface area contributed by atoms with E-state index >= 15 is 0 Å². The van der Waals surface area contributed by atoms with E-state index < -0.39 is 7.32 Å². The van der Waals surface area contributed by atoms with E-state index in [1.807, 2.05) is 21.1 Å². The fourth-order valence-electron chi connectivity index (χ4n) is 3.34. The van der Waals surface area contributed by atoms with E-state index in [0.717, 1.165) is 32.1 Å². The zero-order valence-corrected chi connectivity index (χ0v) is 23.2. The lowest BCUT2D eigenvalue weighted by atomic mass is 10.1. The number of rotatable bonds is 19. The summed E-state index contributed by atoms with van der Waals surface area (Å²) in [5.41, 5.74) is 0.559. The fraction of sp³-hybridized carbons (Fsp3) is 0.750. The second-order valence-electron chi connectivity index (χ2n) is 10.00. The van der Waals surface area contributed by atoms with E-state index in [2.05, 4.69) is 27.7 Å². The Morgan fingerprint density at radius 2 is 1.32 bits per heavy atom. The summed E-state index contributed by atoms with van der Waals surface area (Å²) in [6.45, 7) is 12.0. The summed E-state index contributed by atoms with van der Waals surface area (Å²) in [6.07, 6.45) is 14.1. The smallest absolute Gasteiger partial charge is 0.511 e. The number of hydrogen-bond acceptors (Lipinski definition) is 3. The highest BCUT2D eigenvalue weighted by atomic mass is 19.1. The first-order valence-corrected chi connectivity index (χ1v) is 13.6. The average molecular weight is 482 g/mol. The largest absolute Gasteiger partial charge is 0.713 e. The maximum atomic E-state index is 14.4. The quantitative estimate of drug-likeness (QED) is 0.0867. The molecular weight excluding hydrogens is 428 g/mol.